The summed E-state index contributed by atoms with van der Waals surface area (Å²) in [5.74, 6) is 0. The Labute approximate surface area is 59.8 Å². The Morgan fingerprint density at radius 2 is 2.00 bits per heavy atom. The fourth-order valence-corrected chi connectivity index (χ4v) is 0.410. The monoisotopic (exact) mass is 136 g/mol. The van der Waals surface area contributed by atoms with Gasteiger partial charge in [-0.2, -0.15) is 10.5 Å². The van der Waals surface area contributed by atoms with Gasteiger partial charge in [0.25, 0.3) is 0 Å². The van der Waals surface area contributed by atoms with E-state index < -0.39 is 5.60 Å². The average Bonchev–Trinajstić information content (AvgIpc) is 1.80. The minimum atomic E-state index is -1.20. The van der Waals surface area contributed by atoms with Crippen molar-refractivity contribution in [1.82, 2.24) is 0 Å². The predicted octanol–water partition coefficient (Wildman–Crippen LogP) is 0.731. The lowest BCUT2D eigenvalue weighted by atomic mass is 10.00. The molecule has 3 nitrogen and oxygen atoms in total. The van der Waals surface area contributed by atoms with Crippen LogP contribution in [0.3, 0.4) is 0 Å². The molecule has 0 bridgehead atoms. The van der Waals surface area contributed by atoms with Crippen molar-refractivity contribution in [2.45, 2.75) is 19.4 Å². The molecule has 0 saturated heterocycles. The van der Waals surface area contributed by atoms with E-state index in [9.17, 15) is 0 Å². The second-order valence-corrected chi connectivity index (χ2v) is 2.36. The standard InChI is InChI=1S/C7H8N2O/c1-7(2,10)6(5-9)3-4-8/h3,10H,1-2H3/b6-3-. The van der Waals surface area contributed by atoms with Crippen molar-refractivity contribution < 1.29 is 5.11 Å². The molecular weight excluding hydrogens is 128 g/mol. The molecule has 0 aromatic heterocycles. The van der Waals surface area contributed by atoms with E-state index in [1.807, 2.05) is 0 Å². The van der Waals surface area contributed by atoms with Crippen LogP contribution in [0, 0.1) is 22.7 Å². The maximum absolute atomic E-state index is 9.17. The van der Waals surface area contributed by atoms with E-state index in [-0.39, 0.29) is 5.57 Å². The lowest BCUT2D eigenvalue weighted by Crippen LogP contribution is -2.20. The zero-order valence-corrected chi connectivity index (χ0v) is 5.92. The Morgan fingerprint density at radius 3 is 2.10 bits per heavy atom. The topological polar surface area (TPSA) is 67.8 Å². The van der Waals surface area contributed by atoms with Crippen molar-refractivity contribution in [2.24, 2.45) is 0 Å². The van der Waals surface area contributed by atoms with Crippen LogP contribution in [0.2, 0.25) is 0 Å². The summed E-state index contributed by atoms with van der Waals surface area (Å²) in [4.78, 5) is 0. The third-order valence-corrected chi connectivity index (χ3v) is 0.988. The predicted molar refractivity (Wildman–Crippen MR) is 35.6 cm³/mol. The zero-order chi connectivity index (χ0) is 8.20. The Balaban J connectivity index is 4.62. The van der Waals surface area contributed by atoms with E-state index >= 15 is 0 Å². The van der Waals surface area contributed by atoms with E-state index in [0.717, 1.165) is 6.08 Å². The number of hydrogen-bond acceptors (Lipinski definition) is 3. The molecule has 0 atom stereocenters. The normalized spacial score (nSPS) is 11.9. The quantitative estimate of drug-likeness (QED) is 0.540. The van der Waals surface area contributed by atoms with E-state index in [1.165, 1.54) is 13.8 Å². The van der Waals surface area contributed by atoms with Crippen molar-refractivity contribution in [2.75, 3.05) is 0 Å². The number of allylic oxidation sites excluding steroid dienone is 1. The Morgan fingerprint density at radius 1 is 1.50 bits per heavy atom. The summed E-state index contributed by atoms with van der Waals surface area (Å²) in [7, 11) is 0. The lowest BCUT2D eigenvalue weighted by Gasteiger charge is -2.13. The van der Waals surface area contributed by atoms with Gasteiger partial charge in [0.15, 0.2) is 0 Å². The molecule has 3 heteroatoms. The van der Waals surface area contributed by atoms with E-state index in [4.69, 9.17) is 15.6 Å². The van der Waals surface area contributed by atoms with Crippen LogP contribution < -0.4 is 0 Å². The van der Waals surface area contributed by atoms with Gasteiger partial charge in [-0.1, -0.05) is 0 Å². The van der Waals surface area contributed by atoms with Gasteiger partial charge in [-0.05, 0) is 13.8 Å². The maximum atomic E-state index is 9.17. The van der Waals surface area contributed by atoms with Gasteiger partial charge in [0.1, 0.15) is 0 Å². The first-order valence-corrected chi connectivity index (χ1v) is 2.75. The highest BCUT2D eigenvalue weighted by molar-refractivity contribution is 5.33. The van der Waals surface area contributed by atoms with Crippen molar-refractivity contribution >= 4 is 0 Å². The molecule has 0 aliphatic carbocycles. The van der Waals surface area contributed by atoms with Crippen molar-refractivity contribution in [3.8, 4) is 12.1 Å². The van der Waals surface area contributed by atoms with Crippen LogP contribution in [-0.4, -0.2) is 10.7 Å². The third kappa shape index (κ3) is 2.30. The summed E-state index contributed by atoms with van der Waals surface area (Å²) in [6.07, 6.45) is 1.04. The maximum Gasteiger partial charge on any atom is 0.0985 e. The average molecular weight is 136 g/mol. The van der Waals surface area contributed by atoms with Crippen LogP contribution in [0.25, 0.3) is 0 Å². The molecule has 0 amide bonds. The van der Waals surface area contributed by atoms with Crippen LogP contribution in [0.15, 0.2) is 11.6 Å². The molecule has 1 N–H and O–H groups in total. The number of nitrogens with zero attached hydrogens (tertiary/aromatic N) is 2. The van der Waals surface area contributed by atoms with E-state index in [1.54, 1.807) is 12.1 Å². The summed E-state index contributed by atoms with van der Waals surface area (Å²) < 4.78 is 0. The molecule has 0 aromatic carbocycles. The first-order valence-electron chi connectivity index (χ1n) is 2.75. The van der Waals surface area contributed by atoms with Gasteiger partial charge in [-0.25, -0.2) is 0 Å². The fourth-order valence-electron chi connectivity index (χ4n) is 0.410. The molecule has 0 radical (unpaired) electrons. The molecule has 0 aromatic rings. The number of aliphatic hydroxyl groups is 1. The molecule has 0 fully saturated rings. The number of rotatable bonds is 1. The SMILES string of the molecule is CC(C)(O)/C(C#N)=C\C#N. The first-order chi connectivity index (χ1) is 4.52. The molecular formula is C7H8N2O. The molecule has 0 heterocycles. The minimum absolute atomic E-state index is 0.0787. The van der Waals surface area contributed by atoms with Crippen molar-refractivity contribution in [3.05, 3.63) is 11.6 Å². The highest BCUT2D eigenvalue weighted by atomic mass is 16.3. The second-order valence-electron chi connectivity index (χ2n) is 2.36. The van der Waals surface area contributed by atoms with Gasteiger partial charge in [0.05, 0.1) is 23.3 Å². The van der Waals surface area contributed by atoms with Crippen LogP contribution >= 0.6 is 0 Å². The number of hydrogen-bond donors (Lipinski definition) is 1. The van der Waals surface area contributed by atoms with Gasteiger partial charge in [-0.15, -0.1) is 0 Å². The summed E-state index contributed by atoms with van der Waals surface area (Å²) >= 11 is 0. The Hall–Kier alpha value is -1.32. The van der Waals surface area contributed by atoms with Crippen LogP contribution in [0.5, 0.6) is 0 Å². The largest absolute Gasteiger partial charge is 0.385 e. The molecule has 0 unspecified atom stereocenters. The molecule has 10 heavy (non-hydrogen) atoms. The van der Waals surface area contributed by atoms with E-state index in [0.29, 0.717) is 0 Å². The van der Waals surface area contributed by atoms with E-state index in [2.05, 4.69) is 0 Å². The van der Waals surface area contributed by atoms with Gasteiger partial charge in [0, 0.05) is 6.08 Å². The van der Waals surface area contributed by atoms with Gasteiger partial charge in [0.2, 0.25) is 0 Å². The van der Waals surface area contributed by atoms with Gasteiger partial charge < -0.3 is 5.11 Å². The highest BCUT2D eigenvalue weighted by Crippen LogP contribution is 2.12. The summed E-state index contributed by atoms with van der Waals surface area (Å²) in [6, 6.07) is 3.41. The first kappa shape index (κ1) is 8.68. The van der Waals surface area contributed by atoms with Crippen LogP contribution in [-0.2, 0) is 0 Å². The highest BCUT2D eigenvalue weighted by Gasteiger charge is 2.18. The molecule has 52 valence electrons. The zero-order valence-electron chi connectivity index (χ0n) is 5.92. The Bertz CT molecular complexity index is 221. The summed E-state index contributed by atoms with van der Waals surface area (Å²) in [6.45, 7) is 2.92. The third-order valence-electron chi connectivity index (χ3n) is 0.988. The molecule has 0 aliphatic heterocycles. The fraction of sp³-hybridized carbons (Fsp3) is 0.429. The molecule has 0 rings (SSSR count). The minimum Gasteiger partial charge on any atom is -0.385 e. The summed E-state index contributed by atoms with van der Waals surface area (Å²) in [5, 5.41) is 25.7. The molecule has 0 spiro atoms. The molecule has 0 aliphatic rings. The second kappa shape index (κ2) is 3.00. The molecule has 0 saturated carbocycles. The van der Waals surface area contributed by atoms with Crippen LogP contribution in [0.4, 0.5) is 0 Å². The van der Waals surface area contributed by atoms with Crippen LogP contribution in [0.1, 0.15) is 13.8 Å². The van der Waals surface area contributed by atoms with Gasteiger partial charge >= 0.3 is 0 Å². The Kier molecular flexibility index (Phi) is 2.61. The van der Waals surface area contributed by atoms with Crippen molar-refractivity contribution in [1.29, 1.82) is 10.5 Å². The number of nitriles is 2. The lowest BCUT2D eigenvalue weighted by molar-refractivity contribution is 0.125. The van der Waals surface area contributed by atoms with Gasteiger partial charge in [-0.3, -0.25) is 0 Å². The van der Waals surface area contributed by atoms with Crippen molar-refractivity contribution in [3.63, 3.8) is 0 Å². The summed E-state index contributed by atoms with van der Waals surface area (Å²) in [5.41, 5.74) is -1.13. The smallest absolute Gasteiger partial charge is 0.0985 e.